The Labute approximate surface area is 181 Å². The monoisotopic (exact) mass is 426 g/mol. The van der Waals surface area contributed by atoms with Crippen molar-refractivity contribution in [2.24, 2.45) is 0 Å². The number of nitrogens with zero attached hydrogens (tertiary/aromatic N) is 4. The molecule has 3 aromatic heterocycles. The first kappa shape index (κ1) is 19.4. The molecule has 0 aliphatic carbocycles. The Morgan fingerprint density at radius 1 is 0.938 bits per heavy atom. The molecule has 0 spiro atoms. The number of hydrogen-bond acceptors (Lipinski definition) is 5. The number of carbonyl (C=O) groups is 1. The minimum absolute atomic E-state index is 0.0594. The summed E-state index contributed by atoms with van der Waals surface area (Å²) in [6.45, 7) is 0.133. The Balaban J connectivity index is 1.30. The number of amides is 1. The van der Waals surface area contributed by atoms with Gasteiger partial charge in [0.05, 0.1) is 33.8 Å². The summed E-state index contributed by atoms with van der Waals surface area (Å²) < 4.78 is 3.26. The van der Waals surface area contributed by atoms with E-state index < -0.39 is 11.2 Å². The van der Waals surface area contributed by atoms with Crippen LogP contribution in [0.15, 0.2) is 82.8 Å². The van der Waals surface area contributed by atoms with Crippen LogP contribution in [0.25, 0.3) is 27.8 Å². The number of para-hydroxylation sites is 3. The topological polar surface area (TPSA) is 115 Å². The van der Waals surface area contributed by atoms with Crippen molar-refractivity contribution >= 4 is 33.5 Å². The van der Waals surface area contributed by atoms with Crippen LogP contribution in [0.3, 0.4) is 0 Å². The molecule has 2 aromatic carbocycles. The third-order valence-corrected chi connectivity index (χ3v) is 5.20. The first-order chi connectivity index (χ1) is 15.6. The summed E-state index contributed by atoms with van der Waals surface area (Å²) in [5, 5.41) is 3.19. The van der Waals surface area contributed by atoms with E-state index in [9.17, 15) is 14.4 Å². The van der Waals surface area contributed by atoms with Gasteiger partial charge in [-0.05, 0) is 36.4 Å². The van der Waals surface area contributed by atoms with Gasteiger partial charge in [-0.3, -0.25) is 23.7 Å². The molecule has 0 unspecified atom stereocenters. The second-order valence-corrected chi connectivity index (χ2v) is 7.23. The van der Waals surface area contributed by atoms with Crippen LogP contribution in [0, 0.1) is 0 Å². The van der Waals surface area contributed by atoms with E-state index in [1.807, 2.05) is 28.8 Å². The Kier molecular flexibility index (Phi) is 4.83. The number of rotatable bonds is 5. The highest BCUT2D eigenvalue weighted by Gasteiger charge is 2.10. The highest BCUT2D eigenvalue weighted by atomic mass is 16.2. The highest BCUT2D eigenvalue weighted by Crippen LogP contribution is 2.17. The molecular weight excluding hydrogens is 408 g/mol. The molecule has 3 heterocycles. The van der Waals surface area contributed by atoms with Gasteiger partial charge in [0.1, 0.15) is 12.1 Å². The number of pyridine rings is 1. The minimum Gasteiger partial charge on any atom is -0.325 e. The molecule has 158 valence electrons. The molecule has 0 aliphatic rings. The Morgan fingerprint density at radius 2 is 1.72 bits per heavy atom. The zero-order valence-electron chi connectivity index (χ0n) is 16.9. The third-order valence-electron chi connectivity index (χ3n) is 5.20. The fourth-order valence-corrected chi connectivity index (χ4v) is 3.65. The molecule has 0 fully saturated rings. The number of H-pyrrole nitrogens is 1. The number of nitrogens with one attached hydrogen (secondary N) is 2. The van der Waals surface area contributed by atoms with Gasteiger partial charge in [0, 0.05) is 13.0 Å². The first-order valence-electron chi connectivity index (χ1n) is 10.0. The van der Waals surface area contributed by atoms with Crippen molar-refractivity contribution in [2.75, 3.05) is 5.32 Å². The van der Waals surface area contributed by atoms with Crippen molar-refractivity contribution in [3.8, 4) is 5.82 Å². The van der Waals surface area contributed by atoms with Gasteiger partial charge in [-0.2, -0.15) is 0 Å². The van der Waals surface area contributed by atoms with Gasteiger partial charge in [-0.15, -0.1) is 0 Å². The smallest absolute Gasteiger partial charge is 0.325 e. The highest BCUT2D eigenvalue weighted by molar-refractivity contribution is 5.90. The summed E-state index contributed by atoms with van der Waals surface area (Å²) in [7, 11) is 0. The number of aryl methyl sites for hydroxylation is 1. The van der Waals surface area contributed by atoms with E-state index in [1.165, 1.54) is 4.57 Å². The van der Waals surface area contributed by atoms with Crippen molar-refractivity contribution in [3.63, 3.8) is 0 Å². The van der Waals surface area contributed by atoms with Crippen LogP contribution in [0.1, 0.15) is 6.42 Å². The van der Waals surface area contributed by atoms with Gasteiger partial charge in [0.25, 0.3) is 5.56 Å². The molecule has 1 amide bonds. The molecule has 0 atom stereocenters. The Bertz CT molecular complexity index is 1560. The summed E-state index contributed by atoms with van der Waals surface area (Å²) in [5.74, 6) is 0.415. The van der Waals surface area contributed by atoms with Crippen molar-refractivity contribution in [2.45, 2.75) is 13.0 Å². The van der Waals surface area contributed by atoms with Gasteiger partial charge >= 0.3 is 5.69 Å². The van der Waals surface area contributed by atoms with Gasteiger partial charge < -0.3 is 5.32 Å². The molecule has 9 nitrogen and oxygen atoms in total. The summed E-state index contributed by atoms with van der Waals surface area (Å²) in [4.78, 5) is 47.7. The van der Waals surface area contributed by atoms with Crippen LogP contribution >= 0.6 is 0 Å². The number of imidazole rings is 1. The molecular formula is C23H18N6O3. The molecule has 0 radical (unpaired) electrons. The number of aromatic nitrogens is 5. The van der Waals surface area contributed by atoms with Crippen molar-refractivity contribution < 1.29 is 4.79 Å². The number of aromatic amines is 1. The van der Waals surface area contributed by atoms with Crippen LogP contribution in [0.2, 0.25) is 0 Å². The predicted molar refractivity (Wildman–Crippen MR) is 121 cm³/mol. The van der Waals surface area contributed by atoms with Crippen LogP contribution in [0.4, 0.5) is 5.69 Å². The van der Waals surface area contributed by atoms with E-state index in [0.29, 0.717) is 22.4 Å². The lowest BCUT2D eigenvalue weighted by atomic mass is 10.2. The number of carbonyl (C=O) groups excluding carboxylic acids is 1. The fraction of sp³-hybridized carbons (Fsp3) is 0.0870. The maximum absolute atomic E-state index is 12.4. The quantitative estimate of drug-likeness (QED) is 0.448. The molecule has 2 N–H and O–H groups in total. The summed E-state index contributed by atoms with van der Waals surface area (Å²) in [5.41, 5.74) is 1.87. The maximum atomic E-state index is 12.4. The molecule has 32 heavy (non-hydrogen) atoms. The van der Waals surface area contributed by atoms with Crippen LogP contribution in [-0.2, 0) is 11.3 Å². The van der Waals surface area contributed by atoms with Crippen LogP contribution < -0.4 is 16.6 Å². The molecule has 0 bridgehead atoms. The lowest BCUT2D eigenvalue weighted by Gasteiger charge is -2.10. The number of benzene rings is 2. The van der Waals surface area contributed by atoms with E-state index in [-0.39, 0.29) is 18.9 Å². The van der Waals surface area contributed by atoms with Gasteiger partial charge in [-0.25, -0.2) is 14.8 Å². The molecule has 5 aromatic rings. The van der Waals surface area contributed by atoms with Crippen LogP contribution in [-0.4, -0.2) is 30.0 Å². The SMILES string of the molecule is O=C(CCn1c(=O)[nH]c(=O)c2ccccc21)Nc1ccc(-n2cnc3ccccc32)nc1. The summed E-state index contributed by atoms with van der Waals surface area (Å²) in [6, 6.07) is 18.1. The average molecular weight is 426 g/mol. The zero-order chi connectivity index (χ0) is 22.1. The van der Waals surface area contributed by atoms with Crippen molar-refractivity contribution in [1.82, 2.24) is 24.1 Å². The number of hydrogen-bond donors (Lipinski definition) is 2. The fourth-order valence-electron chi connectivity index (χ4n) is 3.65. The molecule has 5 rings (SSSR count). The van der Waals surface area contributed by atoms with Gasteiger partial charge in [-0.1, -0.05) is 24.3 Å². The van der Waals surface area contributed by atoms with Gasteiger partial charge in [0.2, 0.25) is 5.91 Å². The lowest BCUT2D eigenvalue weighted by Crippen LogP contribution is -2.31. The second-order valence-electron chi connectivity index (χ2n) is 7.23. The minimum atomic E-state index is -0.542. The lowest BCUT2D eigenvalue weighted by molar-refractivity contribution is -0.116. The largest absolute Gasteiger partial charge is 0.328 e. The molecule has 9 heteroatoms. The third kappa shape index (κ3) is 3.56. The first-order valence-corrected chi connectivity index (χ1v) is 10.0. The normalized spacial score (nSPS) is 11.1. The maximum Gasteiger partial charge on any atom is 0.328 e. The predicted octanol–water partition coefficient (Wildman–Crippen LogP) is 2.45. The zero-order valence-corrected chi connectivity index (χ0v) is 16.9. The van der Waals surface area contributed by atoms with Gasteiger partial charge in [0.15, 0.2) is 0 Å². The van der Waals surface area contributed by atoms with E-state index >= 15 is 0 Å². The Morgan fingerprint density at radius 3 is 2.53 bits per heavy atom. The van der Waals surface area contributed by atoms with Crippen LogP contribution in [0.5, 0.6) is 0 Å². The average Bonchev–Trinajstić information content (AvgIpc) is 3.24. The van der Waals surface area contributed by atoms with E-state index in [1.54, 1.807) is 48.9 Å². The standard InChI is InChI=1S/C23H18N6O3/c30-21(11-12-28-18-7-3-1-5-16(18)22(31)27-23(28)32)26-15-9-10-20(24-13-15)29-14-25-17-6-2-4-8-19(17)29/h1-10,13-14H,11-12H2,(H,26,30)(H,27,31,32). The summed E-state index contributed by atoms with van der Waals surface area (Å²) >= 11 is 0. The van der Waals surface area contributed by atoms with E-state index in [2.05, 4.69) is 20.3 Å². The number of fused-ring (bicyclic) bond motifs is 2. The van der Waals surface area contributed by atoms with Crippen molar-refractivity contribution in [3.05, 3.63) is 94.0 Å². The van der Waals surface area contributed by atoms with E-state index in [0.717, 1.165) is 11.0 Å². The molecule has 0 saturated carbocycles. The second kappa shape index (κ2) is 7.95. The Hall–Kier alpha value is -4.53. The van der Waals surface area contributed by atoms with Crippen molar-refractivity contribution in [1.29, 1.82) is 0 Å². The molecule has 0 saturated heterocycles. The van der Waals surface area contributed by atoms with E-state index in [4.69, 9.17) is 0 Å². The number of anilines is 1. The molecule has 0 aliphatic heterocycles. The summed E-state index contributed by atoms with van der Waals surface area (Å²) in [6.07, 6.45) is 3.34.